The molecule has 3 N–H and O–H groups in total. The first-order chi connectivity index (χ1) is 10.0. The molecule has 0 spiro atoms. The molecule has 2 unspecified atom stereocenters. The average Bonchev–Trinajstić information content (AvgIpc) is 2.93. The van der Waals surface area contributed by atoms with Crippen molar-refractivity contribution in [1.29, 1.82) is 0 Å². The topological polar surface area (TPSA) is 53.2 Å². The lowest BCUT2D eigenvalue weighted by Gasteiger charge is -2.19. The van der Waals surface area contributed by atoms with Gasteiger partial charge in [-0.25, -0.2) is 0 Å². The van der Waals surface area contributed by atoms with Gasteiger partial charge in [-0.1, -0.05) is 13.8 Å². The summed E-state index contributed by atoms with van der Waals surface area (Å²) in [6.07, 6.45) is 3.72. The third kappa shape index (κ3) is 5.05. The van der Waals surface area contributed by atoms with E-state index in [1.807, 2.05) is 38.1 Å². The zero-order valence-corrected chi connectivity index (χ0v) is 13.3. The average molecular weight is 289 g/mol. The number of benzene rings is 1. The Morgan fingerprint density at radius 3 is 2.48 bits per heavy atom. The van der Waals surface area contributed by atoms with Gasteiger partial charge in [0.25, 0.3) is 0 Å². The van der Waals surface area contributed by atoms with E-state index in [1.165, 1.54) is 12.8 Å². The number of hydrogen-bond donors (Lipinski definition) is 3. The first-order valence-electron chi connectivity index (χ1n) is 7.95. The highest BCUT2D eigenvalue weighted by molar-refractivity contribution is 5.92. The van der Waals surface area contributed by atoms with E-state index in [4.69, 9.17) is 0 Å². The van der Waals surface area contributed by atoms with Crippen molar-refractivity contribution in [2.45, 2.75) is 52.1 Å². The Morgan fingerprint density at radius 1 is 1.24 bits per heavy atom. The van der Waals surface area contributed by atoms with E-state index in [-0.39, 0.29) is 11.8 Å². The number of hydrogen-bond acceptors (Lipinski definition) is 3. The van der Waals surface area contributed by atoms with Crippen molar-refractivity contribution in [1.82, 2.24) is 5.32 Å². The van der Waals surface area contributed by atoms with Crippen molar-refractivity contribution in [3.8, 4) is 0 Å². The number of carbonyl (C=O) groups excluding carboxylic acids is 1. The monoisotopic (exact) mass is 289 g/mol. The highest BCUT2D eigenvalue weighted by Gasteiger charge is 2.16. The fraction of sp³-hybridized carbons (Fsp3) is 0.588. The van der Waals surface area contributed by atoms with E-state index in [0.717, 1.165) is 24.3 Å². The maximum absolute atomic E-state index is 11.6. The van der Waals surface area contributed by atoms with Crippen LogP contribution in [0.1, 0.15) is 40.0 Å². The molecule has 1 aliphatic rings. The number of rotatable bonds is 6. The van der Waals surface area contributed by atoms with Crippen molar-refractivity contribution in [2.75, 3.05) is 17.2 Å². The molecule has 1 aromatic carbocycles. The van der Waals surface area contributed by atoms with E-state index in [9.17, 15) is 4.79 Å². The summed E-state index contributed by atoms with van der Waals surface area (Å²) in [5.74, 6) is 0.0538. The predicted octanol–water partition coefficient (Wildman–Crippen LogP) is 3.22. The normalized spacial score (nSPS) is 19.5. The minimum Gasteiger partial charge on any atom is -0.383 e. The quantitative estimate of drug-likeness (QED) is 0.753. The van der Waals surface area contributed by atoms with Crippen molar-refractivity contribution >= 4 is 17.3 Å². The highest BCUT2D eigenvalue weighted by atomic mass is 16.1. The molecule has 21 heavy (non-hydrogen) atoms. The van der Waals surface area contributed by atoms with Gasteiger partial charge in [0.1, 0.15) is 0 Å². The van der Waals surface area contributed by atoms with Crippen molar-refractivity contribution in [2.24, 2.45) is 5.92 Å². The Balaban J connectivity index is 1.82. The maximum atomic E-state index is 11.6. The van der Waals surface area contributed by atoms with Crippen LogP contribution in [0.4, 0.5) is 11.4 Å². The molecule has 0 bridgehead atoms. The van der Waals surface area contributed by atoms with Gasteiger partial charge < -0.3 is 16.0 Å². The molecule has 1 fully saturated rings. The molecule has 1 aromatic rings. The summed E-state index contributed by atoms with van der Waals surface area (Å²) in [7, 11) is 0. The van der Waals surface area contributed by atoms with Crippen LogP contribution in [0.3, 0.4) is 0 Å². The van der Waals surface area contributed by atoms with Gasteiger partial charge in [-0.3, -0.25) is 4.79 Å². The molecular weight excluding hydrogens is 262 g/mol. The van der Waals surface area contributed by atoms with E-state index in [2.05, 4.69) is 22.9 Å². The van der Waals surface area contributed by atoms with Gasteiger partial charge in [-0.15, -0.1) is 0 Å². The van der Waals surface area contributed by atoms with Gasteiger partial charge in [0.05, 0.1) is 0 Å². The van der Waals surface area contributed by atoms with Gasteiger partial charge in [0, 0.05) is 29.4 Å². The standard InChI is InChI=1S/C17H27N3O/c1-12(2)17(21)20-15-8-6-14(7-9-15)19-13(3)11-16-5-4-10-18-16/h6-9,12-13,16,18-19H,4-5,10-11H2,1-3H3,(H,20,21). The van der Waals surface area contributed by atoms with E-state index in [0.29, 0.717) is 12.1 Å². The summed E-state index contributed by atoms with van der Waals surface area (Å²) in [6.45, 7) is 7.16. The Bertz CT molecular complexity index is 450. The SMILES string of the molecule is CC(CC1CCCN1)Nc1ccc(NC(=O)C(C)C)cc1. The number of nitrogens with one attached hydrogen (secondary N) is 3. The summed E-state index contributed by atoms with van der Waals surface area (Å²) in [6, 6.07) is 9.03. The molecule has 2 rings (SSSR count). The van der Waals surface area contributed by atoms with Crippen LogP contribution in [-0.4, -0.2) is 24.5 Å². The Labute approximate surface area is 127 Å². The minimum atomic E-state index is 0.00161. The molecule has 1 aliphatic heterocycles. The van der Waals surface area contributed by atoms with Crippen LogP contribution in [0, 0.1) is 5.92 Å². The van der Waals surface area contributed by atoms with Crippen LogP contribution in [0.25, 0.3) is 0 Å². The van der Waals surface area contributed by atoms with Crippen molar-refractivity contribution < 1.29 is 4.79 Å². The van der Waals surface area contributed by atoms with Crippen molar-refractivity contribution in [3.63, 3.8) is 0 Å². The minimum absolute atomic E-state index is 0.00161. The van der Waals surface area contributed by atoms with Crippen LogP contribution in [0.2, 0.25) is 0 Å². The molecule has 116 valence electrons. The smallest absolute Gasteiger partial charge is 0.226 e. The molecule has 2 atom stereocenters. The Hall–Kier alpha value is -1.55. The zero-order chi connectivity index (χ0) is 15.2. The molecule has 1 heterocycles. The molecular formula is C17H27N3O. The van der Waals surface area contributed by atoms with Crippen LogP contribution < -0.4 is 16.0 Å². The Morgan fingerprint density at radius 2 is 1.90 bits per heavy atom. The lowest BCUT2D eigenvalue weighted by Crippen LogP contribution is -2.29. The van der Waals surface area contributed by atoms with Crippen LogP contribution in [0.5, 0.6) is 0 Å². The second kappa shape index (κ2) is 7.46. The predicted molar refractivity (Wildman–Crippen MR) is 88.6 cm³/mol. The molecule has 0 radical (unpaired) electrons. The lowest BCUT2D eigenvalue weighted by atomic mass is 10.1. The highest BCUT2D eigenvalue weighted by Crippen LogP contribution is 2.18. The molecule has 1 saturated heterocycles. The van der Waals surface area contributed by atoms with Crippen LogP contribution in [-0.2, 0) is 4.79 Å². The molecule has 0 saturated carbocycles. The summed E-state index contributed by atoms with van der Waals surface area (Å²) in [4.78, 5) is 11.6. The van der Waals surface area contributed by atoms with E-state index < -0.39 is 0 Å². The fourth-order valence-corrected chi connectivity index (χ4v) is 2.66. The summed E-state index contributed by atoms with van der Waals surface area (Å²) in [5, 5.41) is 9.95. The summed E-state index contributed by atoms with van der Waals surface area (Å²) < 4.78 is 0. The molecule has 1 amide bonds. The van der Waals surface area contributed by atoms with E-state index in [1.54, 1.807) is 0 Å². The van der Waals surface area contributed by atoms with Gasteiger partial charge in [-0.05, 0) is 57.0 Å². The Kier molecular flexibility index (Phi) is 5.62. The summed E-state index contributed by atoms with van der Waals surface area (Å²) >= 11 is 0. The molecule has 4 nitrogen and oxygen atoms in total. The second-order valence-electron chi connectivity index (χ2n) is 6.30. The summed E-state index contributed by atoms with van der Waals surface area (Å²) in [5.41, 5.74) is 1.95. The van der Waals surface area contributed by atoms with Crippen LogP contribution >= 0.6 is 0 Å². The van der Waals surface area contributed by atoms with Gasteiger partial charge in [0.2, 0.25) is 5.91 Å². The van der Waals surface area contributed by atoms with Crippen LogP contribution in [0.15, 0.2) is 24.3 Å². The van der Waals surface area contributed by atoms with Gasteiger partial charge in [-0.2, -0.15) is 0 Å². The first kappa shape index (κ1) is 15.8. The number of carbonyl (C=O) groups is 1. The van der Waals surface area contributed by atoms with Crippen molar-refractivity contribution in [3.05, 3.63) is 24.3 Å². The molecule has 4 heteroatoms. The largest absolute Gasteiger partial charge is 0.383 e. The number of amides is 1. The second-order valence-corrected chi connectivity index (χ2v) is 6.30. The number of anilines is 2. The third-order valence-corrected chi connectivity index (χ3v) is 3.89. The fourth-order valence-electron chi connectivity index (χ4n) is 2.66. The third-order valence-electron chi connectivity index (χ3n) is 3.89. The molecule has 0 aromatic heterocycles. The van der Waals surface area contributed by atoms with Gasteiger partial charge >= 0.3 is 0 Å². The zero-order valence-electron chi connectivity index (χ0n) is 13.3. The lowest BCUT2D eigenvalue weighted by molar-refractivity contribution is -0.118. The maximum Gasteiger partial charge on any atom is 0.226 e. The van der Waals surface area contributed by atoms with Gasteiger partial charge in [0.15, 0.2) is 0 Å². The van der Waals surface area contributed by atoms with E-state index >= 15 is 0 Å². The first-order valence-corrected chi connectivity index (χ1v) is 7.95. The molecule has 0 aliphatic carbocycles.